The average Bonchev–Trinajstić information content (AvgIpc) is 3.16. The molecule has 0 aliphatic carbocycles. The van der Waals surface area contributed by atoms with E-state index in [1.807, 2.05) is 26.0 Å². The molecule has 0 aliphatic heterocycles. The largest absolute Gasteiger partial charge is 0.418 e. The first-order chi connectivity index (χ1) is 14.6. The third kappa shape index (κ3) is 5.17. The Morgan fingerprint density at radius 1 is 1.19 bits per heavy atom. The molecule has 0 saturated carbocycles. The second kappa shape index (κ2) is 8.71. The Bertz CT molecular complexity index is 1150. The number of aromatic nitrogens is 4. The minimum atomic E-state index is -4.88. The van der Waals surface area contributed by atoms with Crippen molar-refractivity contribution in [2.75, 3.05) is 11.1 Å². The van der Waals surface area contributed by atoms with Gasteiger partial charge < -0.3 is 5.32 Å². The summed E-state index contributed by atoms with van der Waals surface area (Å²) in [4.78, 5) is 22.1. The van der Waals surface area contributed by atoms with Crippen molar-refractivity contribution in [2.24, 2.45) is 0 Å². The number of tetrazole rings is 1. The van der Waals surface area contributed by atoms with Crippen LogP contribution in [0.5, 0.6) is 0 Å². The maximum absolute atomic E-state index is 13.2. The van der Waals surface area contributed by atoms with Crippen LogP contribution in [0.1, 0.15) is 16.7 Å². The van der Waals surface area contributed by atoms with Crippen LogP contribution < -0.4 is 5.32 Å². The van der Waals surface area contributed by atoms with Crippen molar-refractivity contribution < 1.29 is 22.9 Å². The minimum Gasteiger partial charge on any atom is -0.325 e. The van der Waals surface area contributed by atoms with Crippen molar-refractivity contribution in [1.82, 2.24) is 20.2 Å². The van der Waals surface area contributed by atoms with Crippen LogP contribution >= 0.6 is 11.8 Å². The van der Waals surface area contributed by atoms with Gasteiger partial charge in [-0.2, -0.15) is 17.9 Å². The number of nitrogens with zero attached hydrogens (tertiary/aromatic N) is 5. The molecule has 162 valence electrons. The van der Waals surface area contributed by atoms with Gasteiger partial charge in [-0.15, -0.1) is 5.10 Å². The van der Waals surface area contributed by atoms with Gasteiger partial charge in [-0.3, -0.25) is 14.9 Å². The summed E-state index contributed by atoms with van der Waals surface area (Å²) < 4.78 is 41.1. The molecular weight excluding hydrogens is 437 g/mol. The first kappa shape index (κ1) is 22.2. The summed E-state index contributed by atoms with van der Waals surface area (Å²) in [5, 5.41) is 24.5. The zero-order chi connectivity index (χ0) is 22.8. The molecule has 2 aromatic carbocycles. The Labute approximate surface area is 177 Å². The van der Waals surface area contributed by atoms with Crippen molar-refractivity contribution in [3.8, 4) is 5.69 Å². The normalized spacial score (nSPS) is 11.4. The van der Waals surface area contributed by atoms with Gasteiger partial charge in [-0.1, -0.05) is 17.8 Å². The summed E-state index contributed by atoms with van der Waals surface area (Å²) in [6.07, 6.45) is -4.88. The summed E-state index contributed by atoms with van der Waals surface area (Å²) in [6.45, 7) is 3.87. The van der Waals surface area contributed by atoms with E-state index in [2.05, 4.69) is 20.8 Å². The fraction of sp³-hybridized carbons (Fsp3) is 0.222. The third-order valence-corrected chi connectivity index (χ3v) is 5.22. The Morgan fingerprint density at radius 3 is 2.58 bits per heavy atom. The molecule has 1 heterocycles. The van der Waals surface area contributed by atoms with Gasteiger partial charge in [0.1, 0.15) is 0 Å². The highest BCUT2D eigenvalue weighted by atomic mass is 32.2. The van der Waals surface area contributed by atoms with Crippen LogP contribution in [0.3, 0.4) is 0 Å². The molecule has 0 radical (unpaired) electrons. The van der Waals surface area contributed by atoms with Crippen LogP contribution in [0.4, 0.5) is 24.5 Å². The minimum absolute atomic E-state index is 0.276. The quantitative estimate of drug-likeness (QED) is 0.342. The van der Waals surface area contributed by atoms with E-state index in [1.165, 1.54) is 4.68 Å². The molecular formula is C18H15F3N6O3S. The molecule has 0 bridgehead atoms. The number of anilines is 1. The highest BCUT2D eigenvalue weighted by molar-refractivity contribution is 7.99. The van der Waals surface area contributed by atoms with Crippen molar-refractivity contribution >= 4 is 29.0 Å². The zero-order valence-electron chi connectivity index (χ0n) is 16.2. The maximum Gasteiger partial charge on any atom is 0.418 e. The number of benzene rings is 2. The van der Waals surface area contributed by atoms with Gasteiger partial charge in [0.05, 0.1) is 27.6 Å². The van der Waals surface area contributed by atoms with Gasteiger partial charge in [-0.25, -0.2) is 0 Å². The number of amides is 1. The lowest BCUT2D eigenvalue weighted by atomic mass is 10.1. The van der Waals surface area contributed by atoms with E-state index in [9.17, 15) is 28.1 Å². The topological polar surface area (TPSA) is 116 Å². The van der Waals surface area contributed by atoms with Gasteiger partial charge in [0.25, 0.3) is 5.69 Å². The summed E-state index contributed by atoms with van der Waals surface area (Å²) in [5.41, 5.74) is 0.156. The Hall–Kier alpha value is -3.48. The summed E-state index contributed by atoms with van der Waals surface area (Å²) in [5.74, 6) is -1.03. The third-order valence-electron chi connectivity index (χ3n) is 4.30. The van der Waals surface area contributed by atoms with Gasteiger partial charge in [0.15, 0.2) is 0 Å². The molecule has 1 aromatic heterocycles. The molecule has 13 heteroatoms. The fourth-order valence-electron chi connectivity index (χ4n) is 2.59. The van der Waals surface area contributed by atoms with Crippen molar-refractivity contribution in [3.63, 3.8) is 0 Å². The van der Waals surface area contributed by atoms with E-state index in [-0.39, 0.29) is 10.9 Å². The number of rotatable bonds is 6. The molecule has 0 saturated heterocycles. The SMILES string of the molecule is Cc1ccc(-n2nnnc2SCC(=O)Nc2ccc([N+](=O)[O-])cc2C(F)(F)F)cc1C. The predicted molar refractivity (Wildman–Crippen MR) is 106 cm³/mol. The van der Waals surface area contributed by atoms with Crippen molar-refractivity contribution in [1.29, 1.82) is 0 Å². The van der Waals surface area contributed by atoms with Crippen LogP contribution in [0.2, 0.25) is 0 Å². The average molecular weight is 452 g/mol. The molecule has 0 aliphatic rings. The van der Waals surface area contributed by atoms with E-state index in [0.717, 1.165) is 35.0 Å². The van der Waals surface area contributed by atoms with Crippen LogP contribution in [-0.4, -0.2) is 36.8 Å². The second-order valence-electron chi connectivity index (χ2n) is 6.46. The monoisotopic (exact) mass is 452 g/mol. The Kier molecular flexibility index (Phi) is 6.24. The van der Waals surface area contributed by atoms with Crippen LogP contribution in [0.15, 0.2) is 41.6 Å². The van der Waals surface area contributed by atoms with E-state index in [0.29, 0.717) is 11.8 Å². The van der Waals surface area contributed by atoms with Gasteiger partial charge >= 0.3 is 6.18 Å². The van der Waals surface area contributed by atoms with Crippen LogP contribution in [0, 0.1) is 24.0 Å². The van der Waals surface area contributed by atoms with Gasteiger partial charge in [0, 0.05) is 12.1 Å². The zero-order valence-corrected chi connectivity index (χ0v) is 17.0. The number of hydrogen-bond donors (Lipinski definition) is 1. The molecule has 0 atom stereocenters. The number of nitrogens with one attached hydrogen (secondary N) is 1. The number of alkyl halides is 3. The van der Waals surface area contributed by atoms with E-state index >= 15 is 0 Å². The van der Waals surface area contributed by atoms with E-state index in [1.54, 1.807) is 6.07 Å². The number of hydrogen-bond acceptors (Lipinski definition) is 7. The first-order valence-corrected chi connectivity index (χ1v) is 9.69. The lowest BCUT2D eigenvalue weighted by Gasteiger charge is -2.13. The number of carbonyl (C=O) groups is 1. The molecule has 1 amide bonds. The molecule has 31 heavy (non-hydrogen) atoms. The smallest absolute Gasteiger partial charge is 0.325 e. The predicted octanol–water partition coefficient (Wildman–Crippen LogP) is 3.94. The number of thioether (sulfide) groups is 1. The number of non-ortho nitro benzene ring substituents is 1. The molecule has 0 spiro atoms. The highest BCUT2D eigenvalue weighted by Gasteiger charge is 2.35. The Balaban J connectivity index is 1.74. The highest BCUT2D eigenvalue weighted by Crippen LogP contribution is 2.37. The summed E-state index contributed by atoms with van der Waals surface area (Å²) in [6, 6.07) is 7.67. The molecule has 0 fully saturated rings. The lowest BCUT2D eigenvalue weighted by Crippen LogP contribution is -2.18. The molecule has 3 aromatic rings. The second-order valence-corrected chi connectivity index (χ2v) is 7.41. The maximum atomic E-state index is 13.2. The Morgan fingerprint density at radius 2 is 1.94 bits per heavy atom. The number of nitro groups is 1. The summed E-state index contributed by atoms with van der Waals surface area (Å²) in [7, 11) is 0. The molecule has 9 nitrogen and oxygen atoms in total. The number of carbonyl (C=O) groups excluding carboxylic acids is 1. The number of nitro benzene ring substituents is 1. The standard InChI is InChI=1S/C18H15F3N6O3S/c1-10-3-4-12(7-11(10)2)26-17(23-24-25-26)31-9-16(28)22-15-6-5-13(27(29)30)8-14(15)18(19,20)21/h3-8H,9H2,1-2H3,(H,22,28). The fourth-order valence-corrected chi connectivity index (χ4v) is 3.28. The number of aryl methyl sites for hydroxylation is 2. The molecule has 1 N–H and O–H groups in total. The molecule has 0 unspecified atom stereocenters. The van der Waals surface area contributed by atoms with E-state index in [4.69, 9.17) is 0 Å². The van der Waals surface area contributed by atoms with Crippen molar-refractivity contribution in [3.05, 3.63) is 63.2 Å². The van der Waals surface area contributed by atoms with Gasteiger partial charge in [-0.05, 0) is 53.6 Å². The van der Waals surface area contributed by atoms with Crippen LogP contribution in [-0.2, 0) is 11.0 Å². The molecule has 3 rings (SSSR count). The van der Waals surface area contributed by atoms with Gasteiger partial charge in [0.2, 0.25) is 11.1 Å². The van der Waals surface area contributed by atoms with E-state index < -0.39 is 33.9 Å². The summed E-state index contributed by atoms with van der Waals surface area (Å²) >= 11 is 0.933. The lowest BCUT2D eigenvalue weighted by molar-refractivity contribution is -0.385. The van der Waals surface area contributed by atoms with Crippen molar-refractivity contribution in [2.45, 2.75) is 25.2 Å². The van der Waals surface area contributed by atoms with Crippen LogP contribution in [0.25, 0.3) is 5.69 Å². The number of halogens is 3. The first-order valence-electron chi connectivity index (χ1n) is 8.70.